The molecule has 2 aromatic heterocycles. The van der Waals surface area contributed by atoms with Crippen LogP contribution in [-0.2, 0) is 28.0 Å². The van der Waals surface area contributed by atoms with E-state index in [4.69, 9.17) is 17.3 Å². The van der Waals surface area contributed by atoms with E-state index in [0.29, 0.717) is 10.9 Å². The number of amides is 1. The summed E-state index contributed by atoms with van der Waals surface area (Å²) in [6, 6.07) is 11.2. The van der Waals surface area contributed by atoms with Gasteiger partial charge in [0.2, 0.25) is 5.91 Å². The van der Waals surface area contributed by atoms with Crippen LogP contribution in [0.1, 0.15) is 43.9 Å². The Kier molecular flexibility index (Phi) is 7.35. The third kappa shape index (κ3) is 5.20. The van der Waals surface area contributed by atoms with Crippen molar-refractivity contribution in [1.82, 2.24) is 19.7 Å². The predicted molar refractivity (Wildman–Crippen MR) is 152 cm³/mol. The van der Waals surface area contributed by atoms with Crippen molar-refractivity contribution in [3.05, 3.63) is 64.2 Å². The normalized spacial score (nSPS) is 17.2. The molecular formula is C29H26ClF5N6O3. The van der Waals surface area contributed by atoms with E-state index in [1.165, 1.54) is 18.2 Å². The standard InChI is InChI=1S/C29H26ClF5N6O3/c1-26(2,25(43)44)13-14-4-6-15(7-5-14)27(3)19-21(36)37-23(38-22(19)39-24(27)42)20-17-9-8-16(30)12-18(17)41(40-20)11-10-28(31,32)29(33,34)35/h4-9,12H,10-11,13H2,1-3H3,(H,43,44)(H3,36,37,38,39,42)/t27-/m1/s1. The Bertz CT molecular complexity index is 1810. The zero-order valence-corrected chi connectivity index (χ0v) is 24.3. The molecule has 0 aliphatic carbocycles. The molecule has 5 rings (SSSR count). The first-order chi connectivity index (χ1) is 20.3. The SMILES string of the molecule is CC(C)(Cc1ccc([C@@]2(C)C(=O)Nc3nc(-c4nn(CCC(F)(F)C(F)(F)F)c5cc(Cl)ccc45)nc(N)c32)cc1)C(=O)O. The summed E-state index contributed by atoms with van der Waals surface area (Å²) < 4.78 is 66.8. The highest BCUT2D eigenvalue weighted by Crippen LogP contribution is 2.46. The van der Waals surface area contributed by atoms with Crippen LogP contribution in [0.4, 0.5) is 33.6 Å². The van der Waals surface area contributed by atoms with Crippen molar-refractivity contribution >= 4 is 46.0 Å². The van der Waals surface area contributed by atoms with Crippen LogP contribution in [0.5, 0.6) is 0 Å². The maximum Gasteiger partial charge on any atom is 0.453 e. The molecule has 1 amide bonds. The molecule has 9 nitrogen and oxygen atoms in total. The van der Waals surface area contributed by atoms with Crippen LogP contribution >= 0.6 is 11.6 Å². The summed E-state index contributed by atoms with van der Waals surface area (Å²) in [5, 5.41) is 16.9. The van der Waals surface area contributed by atoms with Gasteiger partial charge in [0.05, 0.1) is 16.5 Å². The Morgan fingerprint density at radius 3 is 2.36 bits per heavy atom. The molecule has 15 heteroatoms. The van der Waals surface area contributed by atoms with Crippen LogP contribution in [0.25, 0.3) is 22.4 Å². The van der Waals surface area contributed by atoms with Gasteiger partial charge in [-0.1, -0.05) is 35.9 Å². The summed E-state index contributed by atoms with van der Waals surface area (Å²) in [5.74, 6) is -6.44. The minimum Gasteiger partial charge on any atom is -0.481 e. The fraction of sp³-hybridized carbons (Fsp3) is 0.345. The van der Waals surface area contributed by atoms with E-state index in [0.717, 1.165) is 10.2 Å². The quantitative estimate of drug-likeness (QED) is 0.195. The summed E-state index contributed by atoms with van der Waals surface area (Å²) in [6.07, 6.45) is -7.03. The van der Waals surface area contributed by atoms with Crippen molar-refractivity contribution in [2.45, 2.75) is 57.7 Å². The number of carboxylic acids is 1. The van der Waals surface area contributed by atoms with Crippen molar-refractivity contribution in [2.75, 3.05) is 11.1 Å². The molecule has 1 atom stereocenters. The number of anilines is 2. The highest BCUT2D eigenvalue weighted by atomic mass is 35.5. The zero-order chi connectivity index (χ0) is 32.4. The number of nitrogen functional groups attached to an aromatic ring is 1. The molecule has 0 fully saturated rings. The van der Waals surface area contributed by atoms with Crippen LogP contribution in [0.3, 0.4) is 0 Å². The number of hydrogen-bond donors (Lipinski definition) is 3. The molecule has 0 bridgehead atoms. The number of halogens is 6. The molecule has 232 valence electrons. The number of carbonyl (C=O) groups is 2. The molecule has 2 aromatic carbocycles. The predicted octanol–water partition coefficient (Wildman–Crippen LogP) is 6.23. The number of hydrogen-bond acceptors (Lipinski definition) is 6. The maximum absolute atomic E-state index is 13.7. The monoisotopic (exact) mass is 636 g/mol. The first kappa shape index (κ1) is 31.1. The molecule has 0 saturated heterocycles. The van der Waals surface area contributed by atoms with Crippen molar-refractivity contribution in [2.24, 2.45) is 5.41 Å². The number of alkyl halides is 5. The highest BCUT2D eigenvalue weighted by molar-refractivity contribution is 6.31. The van der Waals surface area contributed by atoms with Crippen molar-refractivity contribution in [1.29, 1.82) is 0 Å². The van der Waals surface area contributed by atoms with E-state index < -0.39 is 47.8 Å². The number of fused-ring (bicyclic) bond motifs is 2. The largest absolute Gasteiger partial charge is 0.481 e. The lowest BCUT2D eigenvalue weighted by molar-refractivity contribution is -0.285. The minimum atomic E-state index is -5.73. The molecule has 1 aliphatic rings. The van der Waals surface area contributed by atoms with Crippen molar-refractivity contribution < 1.29 is 36.6 Å². The van der Waals surface area contributed by atoms with Gasteiger partial charge in [-0.2, -0.15) is 27.1 Å². The Balaban J connectivity index is 1.53. The lowest BCUT2D eigenvalue weighted by Crippen LogP contribution is -2.37. The van der Waals surface area contributed by atoms with Crippen molar-refractivity contribution in [3.63, 3.8) is 0 Å². The van der Waals surface area contributed by atoms with E-state index in [1.807, 2.05) is 0 Å². The Morgan fingerprint density at radius 1 is 1.09 bits per heavy atom. The summed E-state index contributed by atoms with van der Waals surface area (Å²) in [7, 11) is 0. The van der Waals surface area contributed by atoms with Crippen molar-refractivity contribution in [3.8, 4) is 11.5 Å². The van der Waals surface area contributed by atoms with Gasteiger partial charge < -0.3 is 16.2 Å². The number of nitrogens with two attached hydrogens (primary N) is 1. The number of rotatable bonds is 8. The second-order valence-corrected chi connectivity index (χ2v) is 11.9. The lowest BCUT2D eigenvalue weighted by Gasteiger charge is -2.24. The smallest absolute Gasteiger partial charge is 0.453 e. The van der Waals surface area contributed by atoms with Gasteiger partial charge in [0, 0.05) is 23.4 Å². The molecule has 0 unspecified atom stereocenters. The number of aryl methyl sites for hydroxylation is 1. The first-order valence-electron chi connectivity index (χ1n) is 13.3. The molecular weight excluding hydrogens is 611 g/mol. The Labute approximate surface area is 252 Å². The number of benzene rings is 2. The molecule has 0 radical (unpaired) electrons. The molecule has 4 N–H and O–H groups in total. The fourth-order valence-electron chi connectivity index (χ4n) is 5.20. The third-order valence-corrected chi connectivity index (χ3v) is 8.09. The number of nitrogens with zero attached hydrogens (tertiary/aromatic N) is 4. The van der Waals surface area contributed by atoms with Crippen LogP contribution < -0.4 is 11.1 Å². The summed E-state index contributed by atoms with van der Waals surface area (Å²) in [4.78, 5) is 33.7. The van der Waals surface area contributed by atoms with Crippen LogP contribution in [0.2, 0.25) is 5.02 Å². The second kappa shape index (κ2) is 10.4. The van der Waals surface area contributed by atoms with E-state index in [-0.39, 0.29) is 45.7 Å². The van der Waals surface area contributed by atoms with Crippen LogP contribution in [0, 0.1) is 5.41 Å². The number of nitrogens with one attached hydrogen (secondary N) is 1. The number of carbonyl (C=O) groups excluding carboxylic acids is 1. The van der Waals surface area contributed by atoms with Gasteiger partial charge in [-0.25, -0.2) is 9.97 Å². The fourth-order valence-corrected chi connectivity index (χ4v) is 5.37. The molecule has 0 spiro atoms. The maximum atomic E-state index is 13.7. The van der Waals surface area contributed by atoms with E-state index in [9.17, 15) is 36.6 Å². The van der Waals surface area contributed by atoms with Gasteiger partial charge in [0.15, 0.2) is 5.82 Å². The molecule has 1 aliphatic heterocycles. The number of carboxylic acid groups (broad SMARTS) is 1. The molecule has 0 saturated carbocycles. The van der Waals surface area contributed by atoms with Gasteiger partial charge in [-0.3, -0.25) is 14.3 Å². The average Bonchev–Trinajstić information content (AvgIpc) is 3.41. The summed E-state index contributed by atoms with van der Waals surface area (Å²) in [6.45, 7) is 4.06. The third-order valence-electron chi connectivity index (χ3n) is 7.86. The second-order valence-electron chi connectivity index (χ2n) is 11.5. The van der Waals surface area contributed by atoms with E-state index >= 15 is 0 Å². The minimum absolute atomic E-state index is 0.0368. The average molecular weight is 637 g/mol. The van der Waals surface area contributed by atoms with Gasteiger partial charge in [0.25, 0.3) is 0 Å². The Morgan fingerprint density at radius 2 is 1.75 bits per heavy atom. The van der Waals surface area contributed by atoms with Crippen LogP contribution in [0.15, 0.2) is 42.5 Å². The van der Waals surface area contributed by atoms with Gasteiger partial charge in [-0.15, -0.1) is 0 Å². The first-order valence-corrected chi connectivity index (χ1v) is 13.7. The molecule has 44 heavy (non-hydrogen) atoms. The van der Waals surface area contributed by atoms with Gasteiger partial charge >= 0.3 is 18.1 Å². The topological polar surface area (TPSA) is 136 Å². The van der Waals surface area contributed by atoms with E-state index in [2.05, 4.69) is 20.4 Å². The zero-order valence-electron chi connectivity index (χ0n) is 23.6. The summed E-state index contributed by atoms with van der Waals surface area (Å²) in [5.41, 5.74) is 5.84. The highest BCUT2D eigenvalue weighted by Gasteiger charge is 2.57. The van der Waals surface area contributed by atoms with Gasteiger partial charge in [0.1, 0.15) is 22.7 Å². The number of aliphatic carboxylic acids is 1. The Hall–Kier alpha value is -4.33. The molecule has 4 aromatic rings. The van der Waals surface area contributed by atoms with E-state index in [1.54, 1.807) is 45.0 Å². The van der Waals surface area contributed by atoms with Crippen LogP contribution in [-0.4, -0.2) is 48.8 Å². The summed E-state index contributed by atoms with van der Waals surface area (Å²) >= 11 is 6.08. The lowest BCUT2D eigenvalue weighted by atomic mass is 9.77. The van der Waals surface area contributed by atoms with Gasteiger partial charge in [-0.05, 0) is 56.5 Å². The number of aromatic nitrogens is 4. The molecule has 3 heterocycles.